The largest absolute Gasteiger partial charge is 0.660 e. The van der Waals surface area contributed by atoms with Crippen LogP contribution in [-0.2, 0) is 27.9 Å². The van der Waals surface area contributed by atoms with Gasteiger partial charge in [0.1, 0.15) is 35.4 Å². The van der Waals surface area contributed by atoms with Gasteiger partial charge in [0.05, 0.1) is 26.4 Å². The zero-order valence-corrected chi connectivity index (χ0v) is 35.5. The van der Waals surface area contributed by atoms with Gasteiger partial charge in [-0.15, -0.1) is 20.6 Å². The summed E-state index contributed by atoms with van der Waals surface area (Å²) in [5, 5.41) is 80.4. The van der Waals surface area contributed by atoms with Gasteiger partial charge in [-0.05, 0) is 43.4 Å². The number of rotatable bonds is 26. The second-order valence-corrected chi connectivity index (χ2v) is 20.1. The first kappa shape index (κ1) is 49.3. The Morgan fingerprint density at radius 1 is 0.583 bits per heavy atom. The molecule has 3 aromatic carbocycles. The molecule has 4 N–H and O–H groups in total. The molecule has 0 aliphatic carbocycles. The van der Waals surface area contributed by atoms with Gasteiger partial charge in [0, 0.05) is 57.7 Å². The number of carbonyl (C=O) groups excluding carboxylic acids is 2. The van der Waals surface area contributed by atoms with Crippen LogP contribution in [0.2, 0.25) is 0 Å². The van der Waals surface area contributed by atoms with Gasteiger partial charge in [-0.25, -0.2) is 0 Å². The lowest BCUT2D eigenvalue weighted by Gasteiger charge is -2.45. The van der Waals surface area contributed by atoms with Crippen molar-refractivity contribution in [3.05, 3.63) is 130 Å². The summed E-state index contributed by atoms with van der Waals surface area (Å²) in [6.07, 6.45) is 0.883. The number of aliphatic hydroxyl groups is 4. The van der Waals surface area contributed by atoms with E-state index in [9.17, 15) is 51.1 Å². The molecule has 3 rings (SSSR count). The number of benzene rings is 3. The van der Waals surface area contributed by atoms with Crippen LogP contribution in [0.4, 0.5) is 0 Å². The van der Waals surface area contributed by atoms with E-state index in [1.807, 2.05) is 54.6 Å². The number of aliphatic hydroxyl groups excluding tert-OH is 4. The van der Waals surface area contributed by atoms with Gasteiger partial charge in [-0.2, -0.15) is 21.0 Å². The quantitative estimate of drug-likeness (QED) is 0.0270. The van der Waals surface area contributed by atoms with Crippen LogP contribution in [0, 0.1) is 45.3 Å². The van der Waals surface area contributed by atoms with E-state index in [0.717, 1.165) is 16.7 Å². The molecule has 0 heterocycles. The van der Waals surface area contributed by atoms with Crippen molar-refractivity contribution in [3.63, 3.8) is 0 Å². The van der Waals surface area contributed by atoms with E-state index in [1.165, 1.54) is 13.8 Å². The Hall–Kier alpha value is -5.08. The summed E-state index contributed by atoms with van der Waals surface area (Å²) >= 11 is 0. The Morgan fingerprint density at radius 2 is 0.900 bits per heavy atom. The van der Waals surface area contributed by atoms with E-state index < -0.39 is 82.5 Å². The van der Waals surface area contributed by atoms with Crippen molar-refractivity contribution in [2.45, 2.75) is 32.1 Å². The summed E-state index contributed by atoms with van der Waals surface area (Å²) in [6, 6.07) is 37.0. The minimum Gasteiger partial charge on any atom is -0.395 e. The van der Waals surface area contributed by atoms with Gasteiger partial charge in [0.25, 0.3) is 0 Å². The van der Waals surface area contributed by atoms with Crippen molar-refractivity contribution in [2.24, 2.45) is 0 Å². The van der Waals surface area contributed by atoms with Crippen LogP contribution in [0.3, 0.4) is 0 Å². The summed E-state index contributed by atoms with van der Waals surface area (Å²) in [7, 11) is -7.50. The number of ketones is 2. The second kappa shape index (κ2) is 24.9. The number of allylic oxidation sites excluding steroid dienone is 2. The third kappa shape index (κ3) is 13.0. The molecule has 0 unspecified atom stereocenters. The summed E-state index contributed by atoms with van der Waals surface area (Å²) < 4.78 is 19.8. The highest BCUT2D eigenvalue weighted by Gasteiger charge is 2.42. The Kier molecular flexibility index (Phi) is 20.4. The lowest BCUT2D eigenvalue weighted by Crippen LogP contribution is -2.38. The van der Waals surface area contributed by atoms with Gasteiger partial charge < -0.3 is 33.3 Å². The lowest BCUT2D eigenvalue weighted by molar-refractivity contribution is -0.114. The van der Waals surface area contributed by atoms with Crippen LogP contribution < -0.4 is 0 Å². The standard InChI is InChI=1S/C44H51BN4O9S2/c1-35(54)42(37(29-46)30-47)33-59(25-20-50,26-21-51)57-45(58-60(27-22-52,28-23-53)34-43(36(2)55)38(31-48)32-49)56-24-12-19-44(39-13-6-3-7-14-39,40-15-8-4-9-16-40)41-17-10-5-11-18-41/h3-11,13-18,50-53H,12,19-28,33-34H2,1-2H3. The molecule has 0 amide bonds. The third-order valence-electron chi connectivity index (χ3n) is 9.88. The molecule has 0 radical (unpaired) electrons. The van der Waals surface area contributed by atoms with E-state index in [1.54, 1.807) is 24.3 Å². The van der Waals surface area contributed by atoms with E-state index >= 15 is 0 Å². The molecule has 3 aromatic rings. The number of hydrogen-bond acceptors (Lipinski definition) is 13. The monoisotopic (exact) mass is 854 g/mol. The minimum absolute atomic E-state index is 0.0332. The van der Waals surface area contributed by atoms with E-state index in [4.69, 9.17) is 12.9 Å². The highest BCUT2D eigenvalue weighted by Crippen LogP contribution is 2.56. The minimum atomic E-state index is -2.90. The fraction of sp³-hybridized carbons (Fsp3) is 0.364. The fourth-order valence-corrected chi connectivity index (χ4v) is 12.5. The first-order valence-corrected chi connectivity index (χ1v) is 23.3. The third-order valence-corrected chi connectivity index (χ3v) is 16.4. The topological polar surface area (TPSA) is 238 Å². The van der Waals surface area contributed by atoms with Gasteiger partial charge in [-0.3, -0.25) is 9.59 Å². The van der Waals surface area contributed by atoms with E-state index in [-0.39, 0.29) is 52.3 Å². The molecule has 0 atom stereocenters. The predicted molar refractivity (Wildman–Crippen MR) is 233 cm³/mol. The highest BCUT2D eigenvalue weighted by molar-refractivity contribution is 8.31. The zero-order chi connectivity index (χ0) is 44.0. The molecule has 0 saturated heterocycles. The first-order chi connectivity index (χ1) is 29.0. The SMILES string of the molecule is CC(=O)C(CS(CCO)(CCO)OB(OCCCC(c1ccccc1)(c1ccccc1)c1ccccc1)OS(CCO)(CCO)CC(C(C)=O)=C(C#N)C#N)=C(C#N)C#N. The lowest BCUT2D eigenvalue weighted by atomic mass is 9.67. The normalized spacial score (nSPS) is 11.8. The Balaban J connectivity index is 2.22. The average molecular weight is 855 g/mol. The van der Waals surface area contributed by atoms with Gasteiger partial charge in [0.2, 0.25) is 0 Å². The number of Topliss-reactive ketones (excluding diaryl/α,β-unsaturated/α-hetero) is 2. The molecular weight excluding hydrogens is 803 g/mol. The molecule has 0 spiro atoms. The Bertz CT molecular complexity index is 1890. The number of nitriles is 4. The van der Waals surface area contributed by atoms with E-state index in [0.29, 0.717) is 12.8 Å². The molecular formula is C44H51BN4O9S2. The van der Waals surface area contributed by atoms with Crippen molar-refractivity contribution >= 4 is 39.5 Å². The average Bonchev–Trinajstić information content (AvgIpc) is 3.25. The van der Waals surface area contributed by atoms with Crippen LogP contribution in [0.15, 0.2) is 113 Å². The van der Waals surface area contributed by atoms with Crippen LogP contribution in [-0.4, -0.2) is 107 Å². The second-order valence-electron chi connectivity index (χ2n) is 13.7. The molecule has 0 aliphatic rings. The van der Waals surface area contributed by atoms with Gasteiger partial charge >= 0.3 is 7.32 Å². The molecule has 316 valence electrons. The molecule has 0 fully saturated rings. The maximum Gasteiger partial charge on any atom is 0.660 e. The molecule has 0 aromatic heterocycles. The molecule has 60 heavy (non-hydrogen) atoms. The number of carbonyl (C=O) groups is 2. The smallest absolute Gasteiger partial charge is 0.395 e. The van der Waals surface area contributed by atoms with E-state index in [2.05, 4.69) is 36.4 Å². The van der Waals surface area contributed by atoms with Crippen molar-refractivity contribution < 1.29 is 42.9 Å². The Labute approximate surface area is 356 Å². The van der Waals surface area contributed by atoms with Crippen LogP contribution in [0.1, 0.15) is 43.4 Å². The number of nitrogens with zero attached hydrogens (tertiary/aromatic N) is 4. The van der Waals surface area contributed by atoms with Gasteiger partial charge in [-0.1, -0.05) is 91.0 Å². The Morgan fingerprint density at radius 3 is 1.17 bits per heavy atom. The molecule has 0 bridgehead atoms. The van der Waals surface area contributed by atoms with Crippen LogP contribution in [0.25, 0.3) is 0 Å². The highest BCUT2D eigenvalue weighted by atomic mass is 32.3. The van der Waals surface area contributed by atoms with Gasteiger partial charge in [0.15, 0.2) is 11.6 Å². The molecule has 16 heteroatoms. The van der Waals surface area contributed by atoms with Crippen LogP contribution in [0.5, 0.6) is 0 Å². The summed E-state index contributed by atoms with van der Waals surface area (Å²) in [6.45, 7) is 0.359. The summed E-state index contributed by atoms with van der Waals surface area (Å²) in [5.41, 5.74) is 1.15. The van der Waals surface area contributed by atoms with Crippen molar-refractivity contribution in [3.8, 4) is 24.3 Å². The first-order valence-electron chi connectivity index (χ1n) is 19.2. The van der Waals surface area contributed by atoms with Crippen molar-refractivity contribution in [2.75, 3.05) is 67.6 Å². The zero-order valence-electron chi connectivity index (χ0n) is 33.9. The molecule has 0 aliphatic heterocycles. The van der Waals surface area contributed by atoms with Crippen LogP contribution >= 0.6 is 20.6 Å². The maximum atomic E-state index is 12.9. The summed E-state index contributed by atoms with van der Waals surface area (Å²) in [5.74, 6) is -2.46. The van der Waals surface area contributed by atoms with Crippen molar-refractivity contribution in [1.29, 1.82) is 21.0 Å². The summed E-state index contributed by atoms with van der Waals surface area (Å²) in [4.78, 5) is 25.8. The number of hydrogen-bond donors (Lipinski definition) is 4. The fourth-order valence-electron chi connectivity index (χ4n) is 6.99. The molecule has 0 saturated carbocycles. The van der Waals surface area contributed by atoms with Crippen molar-refractivity contribution in [1.82, 2.24) is 0 Å². The maximum absolute atomic E-state index is 12.9. The molecule has 13 nitrogen and oxygen atoms in total. The predicted octanol–water partition coefficient (Wildman–Crippen LogP) is 5.11.